The summed E-state index contributed by atoms with van der Waals surface area (Å²) in [4.78, 5) is 35.3. The van der Waals surface area contributed by atoms with Crippen LogP contribution in [0.1, 0.15) is 45.8 Å². The lowest BCUT2D eigenvalue weighted by molar-refractivity contribution is -0.149. The average molecular weight is 542 g/mol. The molecule has 37 heavy (non-hydrogen) atoms. The van der Waals surface area contributed by atoms with Crippen molar-refractivity contribution in [3.63, 3.8) is 0 Å². The SMILES string of the molecule is O=C(O)CC(C(=O)O)C1CNCCc2c1ccc(Cl)c2NCc1ccc(C(=O)NCCC(F)(F)F)cc1. The highest BCUT2D eigenvalue weighted by Crippen LogP contribution is 2.38. The van der Waals surface area contributed by atoms with Crippen molar-refractivity contribution < 1.29 is 37.8 Å². The van der Waals surface area contributed by atoms with Crippen LogP contribution in [-0.4, -0.2) is 53.9 Å². The van der Waals surface area contributed by atoms with Crippen molar-refractivity contribution in [1.82, 2.24) is 10.6 Å². The van der Waals surface area contributed by atoms with Gasteiger partial charge in [0, 0.05) is 31.1 Å². The molecule has 1 aliphatic rings. The molecule has 0 saturated heterocycles. The zero-order valence-electron chi connectivity index (χ0n) is 19.7. The largest absolute Gasteiger partial charge is 0.481 e. The number of nitrogens with one attached hydrogen (secondary N) is 3. The molecule has 2 aromatic rings. The van der Waals surface area contributed by atoms with E-state index < -0.39 is 55.2 Å². The van der Waals surface area contributed by atoms with Crippen LogP contribution in [0.25, 0.3) is 0 Å². The van der Waals surface area contributed by atoms with Gasteiger partial charge >= 0.3 is 18.1 Å². The van der Waals surface area contributed by atoms with Crippen LogP contribution in [0.5, 0.6) is 0 Å². The van der Waals surface area contributed by atoms with Crippen molar-refractivity contribution in [2.45, 2.75) is 37.9 Å². The second-order valence-corrected chi connectivity index (χ2v) is 9.17. The molecule has 5 N–H and O–H groups in total. The lowest BCUT2D eigenvalue weighted by Crippen LogP contribution is -2.31. The van der Waals surface area contributed by atoms with Gasteiger partial charge < -0.3 is 26.2 Å². The molecule has 0 radical (unpaired) electrons. The summed E-state index contributed by atoms with van der Waals surface area (Å²) >= 11 is 6.48. The highest BCUT2D eigenvalue weighted by molar-refractivity contribution is 6.33. The van der Waals surface area contributed by atoms with E-state index in [2.05, 4.69) is 16.0 Å². The number of aliphatic carboxylic acids is 2. The predicted molar refractivity (Wildman–Crippen MR) is 131 cm³/mol. The van der Waals surface area contributed by atoms with Crippen molar-refractivity contribution in [3.05, 3.63) is 63.7 Å². The lowest BCUT2D eigenvalue weighted by atomic mass is 9.81. The van der Waals surface area contributed by atoms with Crippen molar-refractivity contribution in [1.29, 1.82) is 0 Å². The van der Waals surface area contributed by atoms with Crippen LogP contribution in [0.4, 0.5) is 18.9 Å². The van der Waals surface area contributed by atoms with Crippen LogP contribution in [-0.2, 0) is 22.6 Å². The number of carboxylic acids is 2. The summed E-state index contributed by atoms with van der Waals surface area (Å²) in [5.74, 6) is -4.67. The van der Waals surface area contributed by atoms with Gasteiger partial charge in [0.05, 0.1) is 29.5 Å². The second kappa shape index (κ2) is 12.3. The normalized spacial score (nSPS) is 16.3. The molecule has 0 saturated carbocycles. The number of carbonyl (C=O) groups excluding carboxylic acids is 1. The number of amides is 1. The lowest BCUT2D eigenvalue weighted by Gasteiger charge is -2.25. The molecule has 0 aliphatic carbocycles. The summed E-state index contributed by atoms with van der Waals surface area (Å²) in [5, 5.41) is 28.0. The number of carboxylic acid groups (broad SMARTS) is 2. The fraction of sp³-hybridized carbons (Fsp3) is 0.400. The van der Waals surface area contributed by atoms with Gasteiger partial charge in [-0.3, -0.25) is 14.4 Å². The fourth-order valence-corrected chi connectivity index (χ4v) is 4.60. The molecule has 2 unspecified atom stereocenters. The van der Waals surface area contributed by atoms with Crippen LogP contribution >= 0.6 is 11.6 Å². The highest BCUT2D eigenvalue weighted by Gasteiger charge is 2.34. The van der Waals surface area contributed by atoms with Gasteiger partial charge in [-0.2, -0.15) is 13.2 Å². The van der Waals surface area contributed by atoms with Crippen LogP contribution in [0.15, 0.2) is 36.4 Å². The summed E-state index contributed by atoms with van der Waals surface area (Å²) < 4.78 is 36.8. The third-order valence-electron chi connectivity index (χ3n) is 6.19. The second-order valence-electron chi connectivity index (χ2n) is 8.76. The number of halogens is 4. The molecule has 1 amide bonds. The molecule has 1 aliphatic heterocycles. The van der Waals surface area contributed by atoms with E-state index in [-0.39, 0.29) is 5.56 Å². The molecule has 3 rings (SSSR count). The Hall–Kier alpha value is -3.31. The van der Waals surface area contributed by atoms with Gasteiger partial charge in [0.2, 0.25) is 0 Å². The van der Waals surface area contributed by atoms with Gasteiger partial charge in [0.1, 0.15) is 0 Å². The Labute approximate surface area is 216 Å². The first-order chi connectivity index (χ1) is 17.5. The summed E-state index contributed by atoms with van der Waals surface area (Å²) in [6.45, 7) is 0.664. The van der Waals surface area contributed by atoms with Crippen molar-refractivity contribution in [2.24, 2.45) is 5.92 Å². The molecular formula is C25H27ClF3N3O5. The summed E-state index contributed by atoms with van der Waals surface area (Å²) in [6.07, 6.45) is -5.42. The number of alkyl halides is 3. The van der Waals surface area contributed by atoms with E-state index in [4.69, 9.17) is 11.6 Å². The topological polar surface area (TPSA) is 128 Å². The minimum atomic E-state index is -4.35. The molecule has 12 heteroatoms. The monoisotopic (exact) mass is 541 g/mol. The van der Waals surface area contributed by atoms with Crippen molar-refractivity contribution >= 4 is 35.1 Å². The molecule has 200 valence electrons. The Kier molecular flexibility index (Phi) is 9.39. The maximum atomic E-state index is 12.3. The summed E-state index contributed by atoms with van der Waals surface area (Å²) in [6, 6.07) is 9.74. The maximum Gasteiger partial charge on any atom is 0.390 e. The van der Waals surface area contributed by atoms with E-state index in [0.29, 0.717) is 36.8 Å². The Morgan fingerprint density at radius 3 is 2.43 bits per heavy atom. The molecular weight excluding hydrogens is 515 g/mol. The third kappa shape index (κ3) is 7.83. The van der Waals surface area contributed by atoms with E-state index in [1.165, 1.54) is 12.1 Å². The summed E-state index contributed by atoms with van der Waals surface area (Å²) in [7, 11) is 0. The smallest absolute Gasteiger partial charge is 0.390 e. The average Bonchev–Trinajstić information content (AvgIpc) is 3.03. The van der Waals surface area contributed by atoms with Gasteiger partial charge in [0.25, 0.3) is 5.91 Å². The van der Waals surface area contributed by atoms with Crippen molar-refractivity contribution in [3.8, 4) is 0 Å². The van der Waals surface area contributed by atoms with E-state index in [1.54, 1.807) is 24.3 Å². The standard InChI is InChI=1S/C25H27ClF3N3O5/c26-20-6-5-16-17(7-9-30-13-19(16)18(24(36)37)11-21(33)34)22(20)32-12-14-1-3-15(4-2-14)23(35)31-10-8-25(27,28)29/h1-6,18-19,30,32H,7-13H2,(H,31,35)(H,33,34)(H,36,37). The van der Waals surface area contributed by atoms with Gasteiger partial charge in [-0.15, -0.1) is 0 Å². The Morgan fingerprint density at radius 1 is 1.11 bits per heavy atom. The quantitative estimate of drug-likeness (QED) is 0.307. The Bertz CT molecular complexity index is 1140. The van der Waals surface area contributed by atoms with E-state index in [1.807, 2.05) is 0 Å². The Morgan fingerprint density at radius 2 is 1.81 bits per heavy atom. The summed E-state index contributed by atoms with van der Waals surface area (Å²) in [5.41, 5.74) is 3.14. The fourth-order valence-electron chi connectivity index (χ4n) is 4.36. The van der Waals surface area contributed by atoms with E-state index in [9.17, 15) is 37.8 Å². The number of anilines is 1. The van der Waals surface area contributed by atoms with Crippen LogP contribution in [0.3, 0.4) is 0 Å². The number of carbonyl (C=O) groups is 3. The number of hydrogen-bond acceptors (Lipinski definition) is 5. The number of fused-ring (bicyclic) bond motifs is 1. The van der Waals surface area contributed by atoms with Gasteiger partial charge in [-0.05, 0) is 47.9 Å². The third-order valence-corrected chi connectivity index (χ3v) is 6.51. The van der Waals surface area contributed by atoms with Crippen LogP contribution in [0, 0.1) is 5.92 Å². The first-order valence-electron chi connectivity index (χ1n) is 11.6. The molecule has 1 heterocycles. The number of benzene rings is 2. The van der Waals surface area contributed by atoms with Crippen LogP contribution in [0.2, 0.25) is 5.02 Å². The van der Waals surface area contributed by atoms with Gasteiger partial charge in [0.15, 0.2) is 0 Å². The number of rotatable bonds is 10. The zero-order valence-corrected chi connectivity index (χ0v) is 20.5. The molecule has 8 nitrogen and oxygen atoms in total. The van der Waals surface area contributed by atoms with Gasteiger partial charge in [-0.1, -0.05) is 29.8 Å². The molecule has 0 aromatic heterocycles. The van der Waals surface area contributed by atoms with Gasteiger partial charge in [-0.25, -0.2) is 0 Å². The number of hydrogen-bond donors (Lipinski definition) is 5. The minimum Gasteiger partial charge on any atom is -0.481 e. The molecule has 0 bridgehead atoms. The van der Waals surface area contributed by atoms with E-state index >= 15 is 0 Å². The minimum absolute atomic E-state index is 0.226. The zero-order chi connectivity index (χ0) is 27.2. The molecule has 2 aromatic carbocycles. The molecule has 0 spiro atoms. The predicted octanol–water partition coefficient (Wildman–Crippen LogP) is 4.04. The van der Waals surface area contributed by atoms with Crippen molar-refractivity contribution in [2.75, 3.05) is 25.0 Å². The Balaban J connectivity index is 1.75. The maximum absolute atomic E-state index is 12.3. The highest BCUT2D eigenvalue weighted by atomic mass is 35.5. The first-order valence-corrected chi connectivity index (χ1v) is 12.0. The van der Waals surface area contributed by atoms with E-state index in [0.717, 1.165) is 16.7 Å². The van der Waals surface area contributed by atoms with Crippen LogP contribution < -0.4 is 16.0 Å². The first kappa shape index (κ1) is 28.3. The molecule has 0 fully saturated rings. The molecule has 2 atom stereocenters.